The van der Waals surface area contributed by atoms with Gasteiger partial charge in [0.05, 0.1) is 25.4 Å². The van der Waals surface area contributed by atoms with Crippen molar-refractivity contribution in [2.24, 2.45) is 5.92 Å². The minimum atomic E-state index is -4.45. The number of carbonyl (C=O) groups is 1. The summed E-state index contributed by atoms with van der Waals surface area (Å²) in [5.74, 6) is -0.545. The van der Waals surface area contributed by atoms with Crippen molar-refractivity contribution in [3.8, 4) is 0 Å². The minimum Gasteiger partial charge on any atom is -0.394 e. The molecule has 22 heavy (non-hydrogen) atoms. The van der Waals surface area contributed by atoms with Crippen LogP contribution >= 0.6 is 0 Å². The number of aliphatic hydroxyl groups excluding tert-OH is 1. The van der Waals surface area contributed by atoms with Gasteiger partial charge in [0.2, 0.25) is 0 Å². The fraction of sp³-hybridized carbons (Fsp3) is 0.929. The molecule has 1 saturated carbocycles. The summed E-state index contributed by atoms with van der Waals surface area (Å²) in [7, 11) is 0. The van der Waals surface area contributed by atoms with Gasteiger partial charge in [0, 0.05) is 6.54 Å². The fourth-order valence-corrected chi connectivity index (χ4v) is 3.29. The lowest BCUT2D eigenvalue weighted by atomic mass is 9.98. The number of halogens is 3. The summed E-state index contributed by atoms with van der Waals surface area (Å²) >= 11 is 0. The highest BCUT2D eigenvalue weighted by atomic mass is 19.4. The molecule has 2 aliphatic rings. The zero-order chi connectivity index (χ0) is 16.3. The van der Waals surface area contributed by atoms with Gasteiger partial charge in [-0.1, -0.05) is 12.8 Å². The van der Waals surface area contributed by atoms with Crippen LogP contribution in [0.4, 0.5) is 18.0 Å². The number of carbonyl (C=O) groups excluding carboxylic acids is 1. The normalized spacial score (nSPS) is 28.7. The number of urea groups is 1. The monoisotopic (exact) mass is 324 g/mol. The molecule has 5 nitrogen and oxygen atoms in total. The highest BCUT2D eigenvalue weighted by Crippen LogP contribution is 2.35. The van der Waals surface area contributed by atoms with E-state index in [0.29, 0.717) is 12.8 Å². The summed E-state index contributed by atoms with van der Waals surface area (Å²) in [5, 5.41) is 11.3. The molecule has 2 fully saturated rings. The Morgan fingerprint density at radius 3 is 2.55 bits per heavy atom. The van der Waals surface area contributed by atoms with Gasteiger partial charge in [0.15, 0.2) is 0 Å². The molecule has 2 amide bonds. The summed E-state index contributed by atoms with van der Waals surface area (Å²) in [6.45, 7) is 1.78. The number of ether oxygens (including phenoxy) is 1. The fourth-order valence-electron chi connectivity index (χ4n) is 3.29. The Morgan fingerprint density at radius 1 is 1.36 bits per heavy atom. The van der Waals surface area contributed by atoms with Crippen molar-refractivity contribution in [1.29, 1.82) is 0 Å². The molecule has 0 unspecified atom stereocenters. The van der Waals surface area contributed by atoms with Crippen LogP contribution in [0.2, 0.25) is 0 Å². The molecule has 0 aromatic carbocycles. The highest BCUT2D eigenvalue weighted by molar-refractivity contribution is 5.74. The number of nitrogens with zero attached hydrogens (tertiary/aromatic N) is 1. The first-order valence-corrected chi connectivity index (χ1v) is 7.69. The quantitative estimate of drug-likeness (QED) is 0.833. The van der Waals surface area contributed by atoms with Gasteiger partial charge in [-0.3, -0.25) is 0 Å². The Kier molecular flexibility index (Phi) is 5.55. The molecule has 1 saturated heterocycles. The molecule has 1 aliphatic carbocycles. The second-order valence-corrected chi connectivity index (χ2v) is 6.17. The first kappa shape index (κ1) is 17.3. The topological polar surface area (TPSA) is 61.8 Å². The number of hydrogen-bond donors (Lipinski definition) is 2. The lowest BCUT2D eigenvalue weighted by Gasteiger charge is -2.37. The average Bonchev–Trinajstić information content (AvgIpc) is 2.96. The molecule has 8 heteroatoms. The maximum absolute atomic E-state index is 13.2. The minimum absolute atomic E-state index is 0.0991. The van der Waals surface area contributed by atoms with Crippen LogP contribution in [0.1, 0.15) is 32.6 Å². The number of alkyl halides is 3. The van der Waals surface area contributed by atoms with E-state index in [1.54, 1.807) is 6.92 Å². The van der Waals surface area contributed by atoms with E-state index < -0.39 is 30.3 Å². The third-order valence-electron chi connectivity index (χ3n) is 4.32. The molecule has 0 radical (unpaired) electrons. The van der Waals surface area contributed by atoms with Crippen molar-refractivity contribution < 1.29 is 27.8 Å². The van der Waals surface area contributed by atoms with E-state index in [1.807, 2.05) is 0 Å². The van der Waals surface area contributed by atoms with Gasteiger partial charge in [0.1, 0.15) is 6.04 Å². The van der Waals surface area contributed by atoms with E-state index in [2.05, 4.69) is 5.32 Å². The molecule has 0 aromatic heterocycles. The van der Waals surface area contributed by atoms with Crippen LogP contribution in [-0.4, -0.2) is 60.2 Å². The van der Waals surface area contributed by atoms with Crippen LogP contribution in [-0.2, 0) is 4.74 Å². The van der Waals surface area contributed by atoms with Crippen LogP contribution in [0, 0.1) is 5.92 Å². The van der Waals surface area contributed by atoms with E-state index in [0.717, 1.165) is 12.8 Å². The van der Waals surface area contributed by atoms with Crippen LogP contribution in [0.25, 0.3) is 0 Å². The lowest BCUT2D eigenvalue weighted by molar-refractivity contribution is -0.165. The van der Waals surface area contributed by atoms with Crippen molar-refractivity contribution in [1.82, 2.24) is 10.2 Å². The molecule has 1 aliphatic heterocycles. The first-order valence-electron chi connectivity index (χ1n) is 7.69. The van der Waals surface area contributed by atoms with Crippen molar-refractivity contribution in [2.45, 2.75) is 57.0 Å². The molecule has 0 aromatic rings. The Labute approximate surface area is 127 Å². The SMILES string of the molecule is C[C@@H]1CN(C(=O)N[C@H](C2CCCC2)C(F)(F)F)C[C@H](CO)O1. The maximum Gasteiger partial charge on any atom is 0.408 e. The molecule has 2 rings (SSSR count). The van der Waals surface area contributed by atoms with E-state index in [4.69, 9.17) is 9.84 Å². The second-order valence-electron chi connectivity index (χ2n) is 6.17. The molecule has 128 valence electrons. The van der Waals surface area contributed by atoms with Gasteiger partial charge in [-0.25, -0.2) is 4.79 Å². The number of nitrogens with one attached hydrogen (secondary N) is 1. The zero-order valence-electron chi connectivity index (χ0n) is 12.6. The summed E-state index contributed by atoms with van der Waals surface area (Å²) in [4.78, 5) is 13.5. The van der Waals surface area contributed by atoms with Crippen molar-refractivity contribution in [3.63, 3.8) is 0 Å². The number of morpholine rings is 1. The summed E-state index contributed by atoms with van der Waals surface area (Å²) in [6, 6.07) is -2.53. The molecular weight excluding hydrogens is 301 g/mol. The largest absolute Gasteiger partial charge is 0.408 e. The standard InChI is InChI=1S/C14H23F3N2O3/c1-9-6-19(7-11(8-20)22-9)13(21)18-12(14(15,16)17)10-4-2-3-5-10/h9-12,20H,2-8H2,1H3,(H,18,21)/t9-,11-,12-/m1/s1. The van der Waals surface area contributed by atoms with Crippen LogP contribution in [0.15, 0.2) is 0 Å². The molecule has 3 atom stereocenters. The van der Waals surface area contributed by atoms with Crippen molar-refractivity contribution in [2.75, 3.05) is 19.7 Å². The van der Waals surface area contributed by atoms with Crippen LogP contribution < -0.4 is 5.32 Å². The van der Waals surface area contributed by atoms with Crippen LogP contribution in [0.5, 0.6) is 0 Å². The number of amides is 2. The predicted molar refractivity (Wildman–Crippen MR) is 73.3 cm³/mol. The Hall–Kier alpha value is -1.02. The van der Waals surface area contributed by atoms with E-state index in [1.165, 1.54) is 4.90 Å². The van der Waals surface area contributed by atoms with Gasteiger partial charge < -0.3 is 20.1 Å². The van der Waals surface area contributed by atoms with Gasteiger partial charge in [0.25, 0.3) is 0 Å². The number of hydrogen-bond acceptors (Lipinski definition) is 3. The number of aliphatic hydroxyl groups is 1. The van der Waals surface area contributed by atoms with Crippen LogP contribution in [0.3, 0.4) is 0 Å². The zero-order valence-corrected chi connectivity index (χ0v) is 12.6. The summed E-state index contributed by atoms with van der Waals surface area (Å²) in [5.41, 5.74) is 0. The van der Waals surface area contributed by atoms with Crippen molar-refractivity contribution in [3.05, 3.63) is 0 Å². The molecule has 0 spiro atoms. The maximum atomic E-state index is 13.2. The third kappa shape index (κ3) is 4.25. The van der Waals surface area contributed by atoms with Gasteiger partial charge >= 0.3 is 12.2 Å². The van der Waals surface area contributed by atoms with E-state index >= 15 is 0 Å². The second kappa shape index (κ2) is 7.04. The van der Waals surface area contributed by atoms with E-state index in [-0.39, 0.29) is 25.8 Å². The lowest BCUT2D eigenvalue weighted by Crippen LogP contribution is -2.58. The highest BCUT2D eigenvalue weighted by Gasteiger charge is 2.47. The smallest absolute Gasteiger partial charge is 0.394 e. The predicted octanol–water partition coefficient (Wildman–Crippen LogP) is 1.90. The Balaban J connectivity index is 2.01. The summed E-state index contributed by atoms with van der Waals surface area (Å²) < 4.78 is 45.1. The van der Waals surface area contributed by atoms with Gasteiger partial charge in [-0.05, 0) is 25.7 Å². The molecule has 0 bridgehead atoms. The number of rotatable bonds is 3. The Morgan fingerprint density at radius 2 is 2.00 bits per heavy atom. The Bertz CT molecular complexity index is 386. The first-order chi connectivity index (χ1) is 10.3. The molecule has 1 heterocycles. The van der Waals surface area contributed by atoms with Gasteiger partial charge in [-0.15, -0.1) is 0 Å². The average molecular weight is 324 g/mol. The van der Waals surface area contributed by atoms with Crippen molar-refractivity contribution >= 4 is 6.03 Å². The van der Waals surface area contributed by atoms with E-state index in [9.17, 15) is 18.0 Å². The van der Waals surface area contributed by atoms with Gasteiger partial charge in [-0.2, -0.15) is 13.2 Å². The third-order valence-corrected chi connectivity index (χ3v) is 4.32. The molecular formula is C14H23F3N2O3. The summed E-state index contributed by atoms with van der Waals surface area (Å²) in [6.07, 6.45) is -2.79. The molecule has 2 N–H and O–H groups in total.